The maximum Gasteiger partial charge on any atom is 0.138 e. The summed E-state index contributed by atoms with van der Waals surface area (Å²) in [5.41, 5.74) is 2.83. The van der Waals surface area contributed by atoms with E-state index in [0.29, 0.717) is 5.15 Å². The van der Waals surface area contributed by atoms with Gasteiger partial charge >= 0.3 is 0 Å². The molecule has 0 bridgehead atoms. The van der Waals surface area contributed by atoms with Crippen LogP contribution in [-0.4, -0.2) is 15.8 Å². The van der Waals surface area contributed by atoms with Gasteiger partial charge in [0.05, 0.1) is 17.3 Å². The van der Waals surface area contributed by atoms with E-state index in [1.165, 1.54) is 0 Å². The van der Waals surface area contributed by atoms with Gasteiger partial charge in [-0.15, -0.1) is 0 Å². The van der Waals surface area contributed by atoms with Crippen molar-refractivity contribution in [2.45, 2.75) is 5.03 Å². The zero-order valence-electron chi connectivity index (χ0n) is 8.27. The molecule has 5 heteroatoms. The third-order valence-electron chi connectivity index (χ3n) is 2.37. The molecule has 16 heavy (non-hydrogen) atoms. The summed E-state index contributed by atoms with van der Waals surface area (Å²) in [6, 6.07) is 7.78. The molecule has 3 rings (SSSR count). The van der Waals surface area contributed by atoms with Crippen molar-refractivity contribution >= 4 is 29.1 Å². The Morgan fingerprint density at radius 3 is 3.12 bits per heavy atom. The maximum absolute atomic E-state index is 6.04. The Labute approximate surface area is 102 Å². The van der Waals surface area contributed by atoms with Gasteiger partial charge in [-0.2, -0.15) is 0 Å². The molecule has 0 aliphatic carbocycles. The average Bonchev–Trinajstić information content (AvgIpc) is 2.76. The minimum Gasteiger partial charge on any atom is -0.373 e. The van der Waals surface area contributed by atoms with Gasteiger partial charge < -0.3 is 5.32 Å². The largest absolute Gasteiger partial charge is 0.373 e. The Bertz CT molecular complexity index is 545. The van der Waals surface area contributed by atoms with Crippen LogP contribution < -0.4 is 5.32 Å². The predicted octanol–water partition coefficient (Wildman–Crippen LogP) is 3.27. The number of nitrogens with zero attached hydrogens (tertiary/aromatic N) is 2. The molecule has 2 aromatic rings. The van der Waals surface area contributed by atoms with Gasteiger partial charge in [0.2, 0.25) is 0 Å². The van der Waals surface area contributed by atoms with Gasteiger partial charge in [-0.3, -0.25) is 0 Å². The van der Waals surface area contributed by atoms with Crippen LogP contribution in [0.4, 0.5) is 5.69 Å². The molecule has 0 spiro atoms. The first-order chi connectivity index (χ1) is 7.84. The fourth-order valence-electron chi connectivity index (χ4n) is 1.59. The second kappa shape index (κ2) is 3.96. The van der Waals surface area contributed by atoms with Crippen LogP contribution in [0, 0.1) is 0 Å². The van der Waals surface area contributed by atoms with Crippen LogP contribution in [0.5, 0.6) is 0 Å². The minimum atomic E-state index is 0.492. The monoisotopic (exact) mass is 249 g/mol. The van der Waals surface area contributed by atoms with Crippen LogP contribution in [0.2, 0.25) is 5.15 Å². The van der Waals surface area contributed by atoms with Crippen molar-refractivity contribution in [2.24, 2.45) is 0 Å². The Hall–Kier alpha value is -1.26. The van der Waals surface area contributed by atoms with Gasteiger partial charge in [0.25, 0.3) is 0 Å². The summed E-state index contributed by atoms with van der Waals surface area (Å²) in [7, 11) is 0. The summed E-state index contributed by atoms with van der Waals surface area (Å²) >= 11 is 7.73. The number of rotatable bonds is 1. The first kappa shape index (κ1) is 9.93. The Kier molecular flexibility index (Phi) is 2.46. The number of hydrogen-bond acceptors (Lipinski definition) is 4. The molecule has 0 saturated heterocycles. The van der Waals surface area contributed by atoms with Crippen LogP contribution in [-0.2, 0) is 0 Å². The molecular formula is C11H8ClN3S. The number of fused-ring (bicyclic) bond motifs is 1. The molecule has 2 aromatic heterocycles. The number of anilines is 1. The van der Waals surface area contributed by atoms with E-state index in [9.17, 15) is 0 Å². The van der Waals surface area contributed by atoms with E-state index in [-0.39, 0.29) is 0 Å². The summed E-state index contributed by atoms with van der Waals surface area (Å²) < 4.78 is 0. The molecule has 1 aliphatic heterocycles. The SMILES string of the molecule is Clc1ncccc1-c1ccc2c(n1)SCN2. The Morgan fingerprint density at radius 1 is 1.31 bits per heavy atom. The molecule has 0 radical (unpaired) electrons. The van der Waals surface area contributed by atoms with Gasteiger partial charge in [-0.25, -0.2) is 9.97 Å². The van der Waals surface area contributed by atoms with E-state index in [1.807, 2.05) is 24.3 Å². The molecular weight excluding hydrogens is 242 g/mol. The maximum atomic E-state index is 6.04. The molecule has 0 unspecified atom stereocenters. The van der Waals surface area contributed by atoms with E-state index in [0.717, 1.165) is 27.8 Å². The number of pyridine rings is 2. The molecule has 0 saturated carbocycles. The molecule has 0 aromatic carbocycles. The number of halogens is 1. The Morgan fingerprint density at radius 2 is 2.25 bits per heavy atom. The van der Waals surface area contributed by atoms with Gasteiger partial charge in [0.1, 0.15) is 10.2 Å². The normalized spacial score (nSPS) is 13.3. The lowest BCUT2D eigenvalue weighted by molar-refractivity contribution is 1.15. The number of thioether (sulfide) groups is 1. The summed E-state index contributed by atoms with van der Waals surface area (Å²) in [4.78, 5) is 8.61. The molecule has 3 nitrogen and oxygen atoms in total. The topological polar surface area (TPSA) is 37.8 Å². The van der Waals surface area contributed by atoms with Crippen molar-refractivity contribution in [3.63, 3.8) is 0 Å². The average molecular weight is 250 g/mol. The minimum absolute atomic E-state index is 0.492. The van der Waals surface area contributed by atoms with E-state index < -0.39 is 0 Å². The van der Waals surface area contributed by atoms with E-state index in [1.54, 1.807) is 18.0 Å². The van der Waals surface area contributed by atoms with Crippen LogP contribution in [0.1, 0.15) is 0 Å². The van der Waals surface area contributed by atoms with Crippen LogP contribution in [0.25, 0.3) is 11.3 Å². The molecule has 80 valence electrons. The number of aromatic nitrogens is 2. The van der Waals surface area contributed by atoms with Crippen molar-refractivity contribution in [1.29, 1.82) is 0 Å². The highest BCUT2D eigenvalue weighted by molar-refractivity contribution is 7.99. The van der Waals surface area contributed by atoms with Crippen LogP contribution >= 0.6 is 23.4 Å². The fourth-order valence-corrected chi connectivity index (χ4v) is 2.63. The van der Waals surface area contributed by atoms with Crippen LogP contribution in [0.3, 0.4) is 0 Å². The molecule has 0 fully saturated rings. The van der Waals surface area contributed by atoms with E-state index in [4.69, 9.17) is 11.6 Å². The van der Waals surface area contributed by atoms with Crippen molar-refractivity contribution < 1.29 is 0 Å². The van der Waals surface area contributed by atoms with E-state index >= 15 is 0 Å². The third-order valence-corrected chi connectivity index (χ3v) is 3.54. The standard InChI is InChI=1S/C11H8ClN3S/c12-10-7(2-1-5-13-10)8-3-4-9-11(15-8)16-6-14-9/h1-5,14H,6H2. The zero-order chi connectivity index (χ0) is 11.0. The summed E-state index contributed by atoms with van der Waals surface area (Å²) in [6.45, 7) is 0. The summed E-state index contributed by atoms with van der Waals surface area (Å²) in [5, 5.41) is 4.76. The van der Waals surface area contributed by atoms with Crippen LogP contribution in [0.15, 0.2) is 35.5 Å². The van der Waals surface area contributed by atoms with Crippen molar-refractivity contribution in [2.75, 3.05) is 11.2 Å². The lowest BCUT2D eigenvalue weighted by Gasteiger charge is -2.04. The molecule has 1 aliphatic rings. The quantitative estimate of drug-likeness (QED) is 0.788. The first-order valence-electron chi connectivity index (χ1n) is 4.83. The second-order valence-corrected chi connectivity index (χ2v) is 4.68. The predicted molar refractivity (Wildman–Crippen MR) is 66.8 cm³/mol. The van der Waals surface area contributed by atoms with Crippen molar-refractivity contribution in [1.82, 2.24) is 9.97 Å². The lowest BCUT2D eigenvalue weighted by atomic mass is 10.2. The molecule has 1 N–H and O–H groups in total. The fraction of sp³-hybridized carbons (Fsp3) is 0.0909. The smallest absolute Gasteiger partial charge is 0.138 e. The first-order valence-corrected chi connectivity index (χ1v) is 6.19. The molecule has 0 amide bonds. The van der Waals surface area contributed by atoms with Gasteiger partial charge in [-0.1, -0.05) is 23.4 Å². The van der Waals surface area contributed by atoms with Gasteiger partial charge in [0, 0.05) is 11.8 Å². The Balaban J connectivity index is 2.11. The third kappa shape index (κ3) is 1.64. The highest BCUT2D eigenvalue weighted by atomic mass is 35.5. The summed E-state index contributed by atoms with van der Waals surface area (Å²) in [6.07, 6.45) is 1.68. The zero-order valence-corrected chi connectivity index (χ0v) is 9.85. The molecule has 3 heterocycles. The van der Waals surface area contributed by atoms with Gasteiger partial charge in [0.15, 0.2) is 0 Å². The number of hydrogen-bond donors (Lipinski definition) is 1. The number of nitrogens with one attached hydrogen (secondary N) is 1. The summed E-state index contributed by atoms with van der Waals surface area (Å²) in [5.74, 6) is 0.882. The molecule has 0 atom stereocenters. The van der Waals surface area contributed by atoms with Crippen molar-refractivity contribution in [3.8, 4) is 11.3 Å². The highest BCUT2D eigenvalue weighted by Gasteiger charge is 2.14. The van der Waals surface area contributed by atoms with Gasteiger partial charge in [-0.05, 0) is 24.3 Å². The van der Waals surface area contributed by atoms with E-state index in [2.05, 4.69) is 15.3 Å². The highest BCUT2D eigenvalue weighted by Crippen LogP contribution is 2.34. The lowest BCUT2D eigenvalue weighted by Crippen LogP contribution is -1.90. The second-order valence-electron chi connectivity index (χ2n) is 3.36. The van der Waals surface area contributed by atoms with Crippen molar-refractivity contribution in [3.05, 3.63) is 35.6 Å².